The lowest BCUT2D eigenvalue weighted by Crippen LogP contribution is -2.14. The second kappa shape index (κ2) is 10.6. The lowest BCUT2D eigenvalue weighted by molar-refractivity contribution is 0.649. The molecule has 2 heterocycles. The summed E-state index contributed by atoms with van der Waals surface area (Å²) in [5.41, 5.74) is 10.9. The molecule has 1 aliphatic carbocycles. The van der Waals surface area contributed by atoms with Crippen LogP contribution in [0.3, 0.4) is 0 Å². The van der Waals surface area contributed by atoms with E-state index in [1.54, 1.807) is 36.4 Å². The first-order valence-corrected chi connectivity index (χ1v) is 17.9. The van der Waals surface area contributed by atoms with Crippen molar-refractivity contribution in [2.45, 2.75) is 19.3 Å². The van der Waals surface area contributed by atoms with Gasteiger partial charge in [-0.25, -0.2) is 0 Å². The zero-order valence-electron chi connectivity index (χ0n) is 29.0. The molecule has 8 aromatic carbocycles. The Morgan fingerprint density at radius 3 is 1.77 bits per heavy atom. The molecule has 250 valence electrons. The van der Waals surface area contributed by atoms with Crippen LogP contribution < -0.4 is 10.9 Å². The fourth-order valence-corrected chi connectivity index (χ4v) is 8.69. The second-order valence-corrected chi connectivity index (χ2v) is 14.8. The van der Waals surface area contributed by atoms with Gasteiger partial charge in [0.15, 0.2) is 5.58 Å². The number of rotatable bonds is 2. The minimum atomic E-state index is -0.227. The summed E-state index contributed by atoms with van der Waals surface area (Å²) in [5.74, 6) is 0. The van der Waals surface area contributed by atoms with Gasteiger partial charge in [-0.05, 0) is 121 Å². The fourth-order valence-electron chi connectivity index (χ4n) is 8.69. The highest BCUT2D eigenvalue weighted by atomic mass is 16.3. The molecular weight excluding hydrogens is 653 g/mol. The first kappa shape index (κ1) is 29.9. The lowest BCUT2D eigenvalue weighted by atomic mass is 9.81. The maximum Gasteiger partial charge on any atom is 0.204 e. The molecule has 2 aromatic heterocycles. The van der Waals surface area contributed by atoms with Crippen molar-refractivity contribution in [2.75, 3.05) is 0 Å². The van der Waals surface area contributed by atoms with Crippen LogP contribution in [0, 0.1) is 0 Å². The summed E-state index contributed by atoms with van der Waals surface area (Å²) in [6.07, 6.45) is 0. The smallest absolute Gasteiger partial charge is 0.204 e. The van der Waals surface area contributed by atoms with Crippen molar-refractivity contribution in [3.63, 3.8) is 0 Å². The van der Waals surface area contributed by atoms with Crippen LogP contribution in [0.4, 0.5) is 0 Å². The Labute approximate surface area is 303 Å². The van der Waals surface area contributed by atoms with Crippen molar-refractivity contribution >= 4 is 65.4 Å². The molecule has 0 N–H and O–H groups in total. The molecule has 11 rings (SSSR count). The highest BCUT2D eigenvalue weighted by molar-refractivity contribution is 6.10. The number of hydrogen-bond donors (Lipinski definition) is 0. The van der Waals surface area contributed by atoms with Gasteiger partial charge in [-0.3, -0.25) is 9.59 Å². The average molecular weight is 683 g/mol. The van der Waals surface area contributed by atoms with Crippen molar-refractivity contribution in [3.05, 3.63) is 177 Å². The minimum absolute atomic E-state index is 0.0412. The maximum atomic E-state index is 13.9. The molecule has 4 heteroatoms. The molecule has 0 fully saturated rings. The van der Waals surface area contributed by atoms with E-state index in [4.69, 9.17) is 8.83 Å². The predicted molar refractivity (Wildman–Crippen MR) is 217 cm³/mol. The number of hydrogen-bond acceptors (Lipinski definition) is 4. The van der Waals surface area contributed by atoms with Gasteiger partial charge >= 0.3 is 0 Å². The summed E-state index contributed by atoms with van der Waals surface area (Å²) in [4.78, 5) is 27.2. The molecule has 0 saturated heterocycles. The van der Waals surface area contributed by atoms with E-state index in [-0.39, 0.29) is 27.2 Å². The van der Waals surface area contributed by atoms with Gasteiger partial charge in [-0.15, -0.1) is 0 Å². The lowest BCUT2D eigenvalue weighted by Gasteiger charge is -2.22. The monoisotopic (exact) mass is 682 g/mol. The second-order valence-electron chi connectivity index (χ2n) is 14.8. The predicted octanol–water partition coefficient (Wildman–Crippen LogP) is 12.2. The topological polar surface area (TPSA) is 60.4 Å². The Bertz CT molecular complexity index is 3360. The third kappa shape index (κ3) is 4.24. The summed E-state index contributed by atoms with van der Waals surface area (Å²) in [6, 6.07) is 49.5. The molecule has 0 atom stereocenters. The molecule has 53 heavy (non-hydrogen) atoms. The standard InChI is InChI=1S/C49H30O4/c1-49(2)40-9-5-3-7-35(40)36-19-15-29(25-41(36)49)27-13-17-33-31(23-27)11-12-32-24-28(14-18-34(32)33)30-16-20-38-44(26-30)52-43-22-21-39-46(50)37-8-4-6-10-42(37)53-48(39)45(43)47(38)51/h3-26H,1-2H3. The molecule has 1 aliphatic rings. The Hall–Kier alpha value is -6.78. The third-order valence-electron chi connectivity index (χ3n) is 11.5. The van der Waals surface area contributed by atoms with E-state index in [0.717, 1.165) is 16.5 Å². The van der Waals surface area contributed by atoms with E-state index in [1.807, 2.05) is 18.2 Å². The van der Waals surface area contributed by atoms with Crippen molar-refractivity contribution in [3.8, 4) is 33.4 Å². The van der Waals surface area contributed by atoms with Gasteiger partial charge in [-0.2, -0.15) is 0 Å². The first-order chi connectivity index (χ1) is 25.8. The first-order valence-electron chi connectivity index (χ1n) is 17.9. The normalized spacial score (nSPS) is 13.4. The molecule has 0 bridgehead atoms. The van der Waals surface area contributed by atoms with Crippen LogP contribution >= 0.6 is 0 Å². The summed E-state index contributed by atoms with van der Waals surface area (Å²) in [7, 11) is 0. The molecule has 0 unspecified atom stereocenters. The summed E-state index contributed by atoms with van der Waals surface area (Å²) >= 11 is 0. The highest BCUT2D eigenvalue weighted by Crippen LogP contribution is 2.49. The maximum absolute atomic E-state index is 13.9. The molecule has 4 nitrogen and oxygen atoms in total. The van der Waals surface area contributed by atoms with Gasteiger partial charge in [0.2, 0.25) is 10.9 Å². The van der Waals surface area contributed by atoms with Crippen molar-refractivity contribution in [2.24, 2.45) is 0 Å². The van der Waals surface area contributed by atoms with Crippen LogP contribution in [0.5, 0.6) is 0 Å². The summed E-state index contributed by atoms with van der Waals surface area (Å²) < 4.78 is 12.5. The zero-order valence-corrected chi connectivity index (χ0v) is 29.0. The SMILES string of the molecule is CC1(C)c2ccccc2-c2ccc(-c3ccc4c(ccc5cc(-c6ccc7c(=O)c8c(ccc9c(=O)c%10ccccc%10oc98)oc7c6)ccc54)c3)cc21. The van der Waals surface area contributed by atoms with Gasteiger partial charge in [0, 0.05) is 5.41 Å². The molecule has 0 spiro atoms. The molecule has 10 aromatic rings. The Balaban J connectivity index is 0.973. The van der Waals surface area contributed by atoms with Gasteiger partial charge < -0.3 is 8.83 Å². The van der Waals surface area contributed by atoms with Gasteiger partial charge in [0.25, 0.3) is 0 Å². The minimum Gasteiger partial charge on any atom is -0.456 e. The van der Waals surface area contributed by atoms with E-state index in [9.17, 15) is 9.59 Å². The largest absolute Gasteiger partial charge is 0.456 e. The Morgan fingerprint density at radius 1 is 0.415 bits per heavy atom. The number of benzene rings is 8. The van der Waals surface area contributed by atoms with E-state index >= 15 is 0 Å². The van der Waals surface area contributed by atoms with Gasteiger partial charge in [-0.1, -0.05) is 105 Å². The third-order valence-corrected chi connectivity index (χ3v) is 11.5. The van der Waals surface area contributed by atoms with E-state index in [2.05, 4.69) is 105 Å². The molecular formula is C49H30O4. The molecule has 0 saturated carbocycles. The van der Waals surface area contributed by atoms with E-state index < -0.39 is 0 Å². The van der Waals surface area contributed by atoms with Crippen LogP contribution in [0.25, 0.3) is 98.8 Å². The van der Waals surface area contributed by atoms with Crippen molar-refractivity contribution in [1.29, 1.82) is 0 Å². The Morgan fingerprint density at radius 2 is 1.00 bits per heavy atom. The van der Waals surface area contributed by atoms with Gasteiger partial charge in [0.05, 0.1) is 16.2 Å². The molecule has 0 amide bonds. The van der Waals surface area contributed by atoms with Crippen molar-refractivity contribution in [1.82, 2.24) is 0 Å². The van der Waals surface area contributed by atoms with E-state index in [1.165, 1.54) is 49.5 Å². The highest BCUT2D eigenvalue weighted by Gasteiger charge is 2.35. The molecule has 0 radical (unpaired) electrons. The summed E-state index contributed by atoms with van der Waals surface area (Å²) in [5, 5.41) is 6.26. The van der Waals surface area contributed by atoms with Crippen LogP contribution in [-0.4, -0.2) is 0 Å². The van der Waals surface area contributed by atoms with Gasteiger partial charge in [0.1, 0.15) is 22.1 Å². The summed E-state index contributed by atoms with van der Waals surface area (Å²) in [6.45, 7) is 4.64. The Kier molecular flexibility index (Phi) is 6.00. The number of fused-ring (bicyclic) bond motifs is 11. The zero-order chi connectivity index (χ0) is 35.6. The number of para-hydroxylation sites is 1. The molecule has 0 aliphatic heterocycles. The van der Waals surface area contributed by atoms with E-state index in [0.29, 0.717) is 32.9 Å². The van der Waals surface area contributed by atoms with Crippen LogP contribution in [0.1, 0.15) is 25.0 Å². The van der Waals surface area contributed by atoms with Crippen LogP contribution in [-0.2, 0) is 5.41 Å². The quantitative estimate of drug-likeness (QED) is 0.134. The van der Waals surface area contributed by atoms with Crippen LogP contribution in [0.2, 0.25) is 0 Å². The average Bonchev–Trinajstić information content (AvgIpc) is 3.42. The fraction of sp³-hybridized carbons (Fsp3) is 0.0612. The van der Waals surface area contributed by atoms with Crippen molar-refractivity contribution < 1.29 is 8.83 Å². The van der Waals surface area contributed by atoms with Crippen LogP contribution in [0.15, 0.2) is 164 Å².